The molecule has 4 nitrogen and oxygen atoms in total. The Bertz CT molecular complexity index is 685. The molecule has 0 saturated heterocycles. The van der Waals surface area contributed by atoms with Crippen molar-refractivity contribution in [1.29, 1.82) is 0 Å². The van der Waals surface area contributed by atoms with Gasteiger partial charge in [0, 0.05) is 17.8 Å². The van der Waals surface area contributed by atoms with Gasteiger partial charge < -0.3 is 15.5 Å². The second-order valence-corrected chi connectivity index (χ2v) is 7.40. The Kier molecular flexibility index (Phi) is 8.14. The molecule has 1 atom stereocenters. The molecular formula is C22H30ClN3O. The minimum Gasteiger partial charge on any atom is -0.335 e. The van der Waals surface area contributed by atoms with Crippen molar-refractivity contribution >= 4 is 24.1 Å². The summed E-state index contributed by atoms with van der Waals surface area (Å²) in [6.07, 6.45) is 4.33. The van der Waals surface area contributed by atoms with Crippen molar-refractivity contribution in [3.63, 3.8) is 0 Å². The quantitative estimate of drug-likeness (QED) is 0.750. The van der Waals surface area contributed by atoms with Gasteiger partial charge in [0.25, 0.3) is 0 Å². The number of rotatable bonds is 5. The van der Waals surface area contributed by atoms with Crippen molar-refractivity contribution in [3.05, 3.63) is 66.2 Å². The van der Waals surface area contributed by atoms with Crippen molar-refractivity contribution in [1.82, 2.24) is 10.2 Å². The molecule has 2 N–H and O–H groups in total. The van der Waals surface area contributed by atoms with Crippen LogP contribution in [0.4, 0.5) is 10.5 Å². The Balaban J connectivity index is 0.00000261. The number of urea groups is 1. The van der Waals surface area contributed by atoms with Gasteiger partial charge in [-0.05, 0) is 63.4 Å². The zero-order valence-corrected chi connectivity index (χ0v) is 16.9. The van der Waals surface area contributed by atoms with E-state index in [0.717, 1.165) is 31.4 Å². The van der Waals surface area contributed by atoms with E-state index >= 15 is 0 Å². The first-order valence-electron chi connectivity index (χ1n) is 9.47. The van der Waals surface area contributed by atoms with Crippen LogP contribution in [-0.4, -0.2) is 31.1 Å². The van der Waals surface area contributed by atoms with E-state index in [-0.39, 0.29) is 24.5 Å². The van der Waals surface area contributed by atoms with Crippen molar-refractivity contribution in [2.45, 2.75) is 37.8 Å². The van der Waals surface area contributed by atoms with Gasteiger partial charge in [-0.1, -0.05) is 48.5 Å². The van der Waals surface area contributed by atoms with E-state index in [1.807, 2.05) is 30.3 Å². The van der Waals surface area contributed by atoms with Crippen molar-refractivity contribution in [2.24, 2.45) is 5.92 Å². The van der Waals surface area contributed by atoms with Crippen LogP contribution in [0.25, 0.3) is 0 Å². The predicted octanol–water partition coefficient (Wildman–Crippen LogP) is 5.09. The summed E-state index contributed by atoms with van der Waals surface area (Å²) in [5.74, 6) is 0.627. The van der Waals surface area contributed by atoms with Crippen LogP contribution >= 0.6 is 12.4 Å². The Morgan fingerprint density at radius 1 is 0.926 bits per heavy atom. The highest BCUT2D eigenvalue weighted by Crippen LogP contribution is 2.37. The molecule has 0 aliphatic heterocycles. The molecule has 5 heteroatoms. The molecule has 0 heterocycles. The third-order valence-corrected chi connectivity index (χ3v) is 5.28. The van der Waals surface area contributed by atoms with Crippen LogP contribution in [0, 0.1) is 5.92 Å². The maximum atomic E-state index is 12.2. The lowest BCUT2D eigenvalue weighted by Gasteiger charge is -2.37. The Morgan fingerprint density at radius 2 is 1.48 bits per heavy atom. The van der Waals surface area contributed by atoms with Gasteiger partial charge in [0.1, 0.15) is 0 Å². The number of nitrogens with one attached hydrogen (secondary N) is 2. The van der Waals surface area contributed by atoms with Gasteiger partial charge in [0.15, 0.2) is 0 Å². The maximum Gasteiger partial charge on any atom is 0.319 e. The van der Waals surface area contributed by atoms with E-state index in [1.165, 1.54) is 5.56 Å². The summed E-state index contributed by atoms with van der Waals surface area (Å²) in [7, 11) is 4.32. The molecule has 2 aromatic carbocycles. The van der Waals surface area contributed by atoms with Gasteiger partial charge in [0.05, 0.1) is 0 Å². The molecule has 0 spiro atoms. The SMILES string of the molecule is CN(C)C(c1ccccc1)C1CCC(NC(=O)Nc2ccccc2)CC1.Cl. The number of carbonyl (C=O) groups excluding carboxylic acids is 1. The average Bonchev–Trinajstić information content (AvgIpc) is 2.65. The normalized spacial score (nSPS) is 20.4. The fraction of sp³-hybridized carbons (Fsp3) is 0.409. The summed E-state index contributed by atoms with van der Waals surface area (Å²) in [4.78, 5) is 14.5. The first-order valence-corrected chi connectivity index (χ1v) is 9.47. The van der Waals surface area contributed by atoms with Crippen LogP contribution in [0.1, 0.15) is 37.3 Å². The van der Waals surface area contributed by atoms with Gasteiger partial charge in [-0.15, -0.1) is 12.4 Å². The van der Waals surface area contributed by atoms with E-state index in [1.54, 1.807) is 0 Å². The van der Waals surface area contributed by atoms with Crippen LogP contribution in [0.5, 0.6) is 0 Å². The molecule has 0 radical (unpaired) electrons. The van der Waals surface area contributed by atoms with Gasteiger partial charge in [0.2, 0.25) is 0 Å². The van der Waals surface area contributed by atoms with E-state index in [2.05, 4.69) is 60.0 Å². The highest BCUT2D eigenvalue weighted by Gasteiger charge is 2.30. The second kappa shape index (κ2) is 10.3. The van der Waals surface area contributed by atoms with Crippen molar-refractivity contribution in [2.75, 3.05) is 19.4 Å². The molecule has 2 aromatic rings. The number of amides is 2. The lowest BCUT2D eigenvalue weighted by molar-refractivity contribution is 0.158. The third kappa shape index (κ3) is 5.98. The minimum atomic E-state index is -0.105. The molecular weight excluding hydrogens is 358 g/mol. The molecule has 1 unspecified atom stereocenters. The van der Waals surface area contributed by atoms with Gasteiger partial charge >= 0.3 is 6.03 Å². The molecule has 3 rings (SSSR count). The van der Waals surface area contributed by atoms with E-state index in [4.69, 9.17) is 0 Å². The van der Waals surface area contributed by atoms with Crippen LogP contribution in [0.2, 0.25) is 0 Å². The minimum absolute atomic E-state index is 0. The molecule has 1 saturated carbocycles. The number of hydrogen-bond donors (Lipinski definition) is 2. The average molecular weight is 388 g/mol. The summed E-state index contributed by atoms with van der Waals surface area (Å²) in [5, 5.41) is 6.04. The Labute approximate surface area is 168 Å². The highest BCUT2D eigenvalue weighted by molar-refractivity contribution is 5.89. The number of anilines is 1. The summed E-state index contributed by atoms with van der Waals surface area (Å²) in [6, 6.07) is 20.9. The summed E-state index contributed by atoms with van der Waals surface area (Å²) in [5.41, 5.74) is 2.21. The molecule has 1 aliphatic carbocycles. The Hall–Kier alpha value is -2.04. The van der Waals surface area contributed by atoms with E-state index in [0.29, 0.717) is 12.0 Å². The number of nitrogens with zero attached hydrogens (tertiary/aromatic N) is 1. The molecule has 0 aromatic heterocycles. The zero-order chi connectivity index (χ0) is 18.4. The van der Waals surface area contributed by atoms with Crippen LogP contribution in [0.15, 0.2) is 60.7 Å². The smallest absolute Gasteiger partial charge is 0.319 e. The third-order valence-electron chi connectivity index (χ3n) is 5.28. The standard InChI is InChI=1S/C22H29N3O.ClH/c1-25(2)21(17-9-5-3-6-10-17)18-13-15-20(16-14-18)24-22(26)23-19-11-7-4-8-12-19;/h3-12,18,20-21H,13-16H2,1-2H3,(H2,23,24,26);1H. The largest absolute Gasteiger partial charge is 0.335 e. The topological polar surface area (TPSA) is 44.4 Å². The van der Waals surface area contributed by atoms with Gasteiger partial charge in [-0.2, -0.15) is 0 Å². The number of hydrogen-bond acceptors (Lipinski definition) is 2. The van der Waals surface area contributed by atoms with Crippen molar-refractivity contribution in [3.8, 4) is 0 Å². The van der Waals surface area contributed by atoms with Crippen LogP contribution in [-0.2, 0) is 0 Å². The summed E-state index contributed by atoms with van der Waals surface area (Å²) >= 11 is 0. The maximum absolute atomic E-state index is 12.2. The van der Waals surface area contributed by atoms with Gasteiger partial charge in [-0.25, -0.2) is 4.79 Å². The van der Waals surface area contributed by atoms with Crippen LogP contribution in [0.3, 0.4) is 0 Å². The molecule has 0 bridgehead atoms. The molecule has 146 valence electrons. The predicted molar refractivity (Wildman–Crippen MR) is 114 cm³/mol. The van der Waals surface area contributed by atoms with Crippen molar-refractivity contribution < 1.29 is 4.79 Å². The number of para-hydroxylation sites is 1. The monoisotopic (exact) mass is 387 g/mol. The fourth-order valence-corrected chi connectivity index (χ4v) is 4.10. The number of benzene rings is 2. The highest BCUT2D eigenvalue weighted by atomic mass is 35.5. The molecule has 2 amide bonds. The lowest BCUT2D eigenvalue weighted by Crippen LogP contribution is -2.41. The van der Waals surface area contributed by atoms with E-state index < -0.39 is 0 Å². The molecule has 1 fully saturated rings. The van der Waals surface area contributed by atoms with E-state index in [9.17, 15) is 4.79 Å². The lowest BCUT2D eigenvalue weighted by atomic mass is 9.79. The molecule has 27 heavy (non-hydrogen) atoms. The zero-order valence-electron chi connectivity index (χ0n) is 16.1. The number of carbonyl (C=O) groups is 1. The summed E-state index contributed by atoms with van der Waals surface area (Å²) < 4.78 is 0. The summed E-state index contributed by atoms with van der Waals surface area (Å²) in [6.45, 7) is 0. The first kappa shape index (κ1) is 21.3. The first-order chi connectivity index (χ1) is 12.6. The molecule has 1 aliphatic rings. The van der Waals surface area contributed by atoms with Crippen LogP contribution < -0.4 is 10.6 Å². The van der Waals surface area contributed by atoms with Gasteiger partial charge in [-0.3, -0.25) is 0 Å². The fourth-order valence-electron chi connectivity index (χ4n) is 4.10. The second-order valence-electron chi connectivity index (χ2n) is 7.40. The Morgan fingerprint density at radius 3 is 2.04 bits per heavy atom. The number of halogens is 1.